The molecule has 20 heavy (non-hydrogen) atoms. The number of imidazole rings is 1. The van der Waals surface area contributed by atoms with Crippen LogP contribution in [0.15, 0.2) is 35.5 Å². The summed E-state index contributed by atoms with van der Waals surface area (Å²) in [6.45, 7) is 2.29. The molecule has 0 aliphatic rings. The number of aryl methyl sites for hydroxylation is 1. The number of nitrogens with one attached hydrogen (secondary N) is 1. The molecule has 3 aromatic rings. The Morgan fingerprint density at radius 3 is 2.90 bits per heavy atom. The molecule has 102 valence electrons. The van der Waals surface area contributed by atoms with Gasteiger partial charge in [-0.3, -0.25) is 9.36 Å². The van der Waals surface area contributed by atoms with Crippen LogP contribution in [-0.4, -0.2) is 26.6 Å². The number of benzene rings is 1. The summed E-state index contributed by atoms with van der Waals surface area (Å²) in [7, 11) is 1.57. The molecule has 2 heterocycles. The lowest BCUT2D eigenvalue weighted by Gasteiger charge is -2.06. The Balaban J connectivity index is 2.08. The van der Waals surface area contributed by atoms with Crippen LogP contribution < -0.4 is 10.3 Å². The number of hydrogen-bond donors (Lipinski definition) is 1. The highest BCUT2D eigenvalue weighted by Gasteiger charge is 2.07. The second-order valence-electron chi connectivity index (χ2n) is 4.57. The molecule has 2 aromatic heterocycles. The fourth-order valence-electron chi connectivity index (χ4n) is 2.09. The molecule has 6 heteroatoms. The maximum atomic E-state index is 12.4. The molecule has 1 aromatic carbocycles. The first-order chi connectivity index (χ1) is 9.67. The van der Waals surface area contributed by atoms with Crippen LogP contribution in [0.1, 0.15) is 11.5 Å². The Hall–Kier alpha value is -2.63. The Morgan fingerprint density at radius 2 is 2.20 bits per heavy atom. The first-order valence-electron chi connectivity index (χ1n) is 6.21. The number of aromatic nitrogens is 4. The molecule has 0 amide bonds. The second-order valence-corrected chi connectivity index (χ2v) is 4.57. The third-order valence-electron chi connectivity index (χ3n) is 3.11. The predicted octanol–water partition coefficient (Wildman–Crippen LogP) is 1.48. The molecule has 0 unspecified atom stereocenters. The van der Waals surface area contributed by atoms with Crippen LogP contribution in [0.3, 0.4) is 0 Å². The third-order valence-corrected chi connectivity index (χ3v) is 3.11. The van der Waals surface area contributed by atoms with Crippen molar-refractivity contribution in [3.8, 4) is 5.75 Å². The number of H-pyrrole nitrogens is 1. The molecule has 6 nitrogen and oxygen atoms in total. The van der Waals surface area contributed by atoms with Crippen molar-refractivity contribution >= 4 is 10.9 Å². The fraction of sp³-hybridized carbons (Fsp3) is 0.214. The SMILES string of the molecule is COc1ccc2ncn(Cc3ncc(C)[nH]3)c(=O)c2c1. The zero-order valence-electron chi connectivity index (χ0n) is 11.3. The summed E-state index contributed by atoms with van der Waals surface area (Å²) in [5.74, 6) is 1.37. The summed E-state index contributed by atoms with van der Waals surface area (Å²) in [5.41, 5.74) is 1.51. The summed E-state index contributed by atoms with van der Waals surface area (Å²) in [6, 6.07) is 5.26. The van der Waals surface area contributed by atoms with E-state index < -0.39 is 0 Å². The summed E-state index contributed by atoms with van der Waals surface area (Å²) in [4.78, 5) is 24.0. The van der Waals surface area contributed by atoms with Gasteiger partial charge in [0, 0.05) is 11.9 Å². The van der Waals surface area contributed by atoms with Gasteiger partial charge in [0.2, 0.25) is 0 Å². The molecule has 0 saturated carbocycles. The number of fused-ring (bicyclic) bond motifs is 1. The molecular formula is C14H14N4O2. The normalized spacial score (nSPS) is 10.9. The molecule has 0 aliphatic heterocycles. The maximum Gasteiger partial charge on any atom is 0.261 e. The summed E-state index contributed by atoms with van der Waals surface area (Å²) in [6.07, 6.45) is 3.27. The van der Waals surface area contributed by atoms with Gasteiger partial charge in [0.1, 0.15) is 11.6 Å². The van der Waals surface area contributed by atoms with Crippen LogP contribution in [0, 0.1) is 6.92 Å². The average Bonchev–Trinajstić information content (AvgIpc) is 2.87. The van der Waals surface area contributed by atoms with E-state index in [4.69, 9.17) is 4.74 Å². The van der Waals surface area contributed by atoms with E-state index >= 15 is 0 Å². The van der Waals surface area contributed by atoms with E-state index in [-0.39, 0.29) is 5.56 Å². The van der Waals surface area contributed by atoms with Crippen molar-refractivity contribution in [1.82, 2.24) is 19.5 Å². The largest absolute Gasteiger partial charge is 0.497 e. The minimum atomic E-state index is -0.108. The highest BCUT2D eigenvalue weighted by molar-refractivity contribution is 5.78. The number of aromatic amines is 1. The van der Waals surface area contributed by atoms with Gasteiger partial charge < -0.3 is 9.72 Å². The van der Waals surface area contributed by atoms with Gasteiger partial charge in [-0.15, -0.1) is 0 Å². The van der Waals surface area contributed by atoms with Crippen LogP contribution >= 0.6 is 0 Å². The van der Waals surface area contributed by atoms with E-state index in [1.165, 1.54) is 10.9 Å². The van der Waals surface area contributed by atoms with E-state index in [0.29, 0.717) is 23.2 Å². The number of ether oxygens (including phenoxy) is 1. The minimum absolute atomic E-state index is 0.108. The van der Waals surface area contributed by atoms with E-state index in [1.807, 2.05) is 6.92 Å². The summed E-state index contributed by atoms with van der Waals surface area (Å²) in [5, 5.41) is 0.537. The molecular weight excluding hydrogens is 256 g/mol. The van der Waals surface area contributed by atoms with Gasteiger partial charge in [-0.1, -0.05) is 0 Å². The van der Waals surface area contributed by atoms with Crippen LogP contribution in [0.5, 0.6) is 5.75 Å². The van der Waals surface area contributed by atoms with E-state index in [9.17, 15) is 4.79 Å². The lowest BCUT2D eigenvalue weighted by molar-refractivity contribution is 0.415. The monoisotopic (exact) mass is 270 g/mol. The molecule has 0 fully saturated rings. The van der Waals surface area contributed by atoms with Gasteiger partial charge in [0.05, 0.1) is 30.9 Å². The molecule has 0 spiro atoms. The smallest absolute Gasteiger partial charge is 0.261 e. The quantitative estimate of drug-likeness (QED) is 0.782. The first kappa shape index (κ1) is 12.4. The summed E-state index contributed by atoms with van der Waals surface area (Å²) < 4.78 is 6.67. The predicted molar refractivity (Wildman–Crippen MR) is 75.0 cm³/mol. The topological polar surface area (TPSA) is 72.8 Å². The third kappa shape index (κ3) is 2.16. The lowest BCUT2D eigenvalue weighted by atomic mass is 10.2. The van der Waals surface area contributed by atoms with Gasteiger partial charge in [0.15, 0.2) is 0 Å². The van der Waals surface area contributed by atoms with Crippen molar-refractivity contribution in [2.45, 2.75) is 13.5 Å². The summed E-state index contributed by atoms with van der Waals surface area (Å²) >= 11 is 0. The molecule has 0 bridgehead atoms. The zero-order valence-corrected chi connectivity index (χ0v) is 11.3. The van der Waals surface area contributed by atoms with Crippen LogP contribution in [0.4, 0.5) is 0 Å². The van der Waals surface area contributed by atoms with Crippen LogP contribution in [0.25, 0.3) is 10.9 Å². The fourth-order valence-corrected chi connectivity index (χ4v) is 2.09. The van der Waals surface area contributed by atoms with Crippen LogP contribution in [-0.2, 0) is 6.54 Å². The van der Waals surface area contributed by atoms with Crippen LogP contribution in [0.2, 0.25) is 0 Å². The molecule has 0 radical (unpaired) electrons. The van der Waals surface area contributed by atoms with Gasteiger partial charge >= 0.3 is 0 Å². The minimum Gasteiger partial charge on any atom is -0.497 e. The Labute approximate surface area is 115 Å². The standard InChI is InChI=1S/C14H14N4O2/c1-9-6-15-13(17-9)7-18-8-16-12-4-3-10(20-2)5-11(12)14(18)19/h3-6,8H,7H2,1-2H3,(H,15,17). The van der Waals surface area contributed by atoms with Crippen molar-refractivity contribution in [1.29, 1.82) is 0 Å². The van der Waals surface area contributed by atoms with E-state index in [0.717, 1.165) is 11.5 Å². The highest BCUT2D eigenvalue weighted by Crippen LogP contribution is 2.15. The van der Waals surface area contributed by atoms with Crippen molar-refractivity contribution in [3.05, 3.63) is 52.6 Å². The zero-order chi connectivity index (χ0) is 14.1. The van der Waals surface area contributed by atoms with Crippen molar-refractivity contribution in [2.24, 2.45) is 0 Å². The Kier molecular flexibility index (Phi) is 2.98. The number of methoxy groups -OCH3 is 1. The van der Waals surface area contributed by atoms with E-state index in [1.54, 1.807) is 31.5 Å². The Morgan fingerprint density at radius 1 is 1.35 bits per heavy atom. The van der Waals surface area contributed by atoms with E-state index in [2.05, 4.69) is 15.0 Å². The Bertz CT molecular complexity index is 819. The van der Waals surface area contributed by atoms with Gasteiger partial charge in [-0.25, -0.2) is 9.97 Å². The highest BCUT2D eigenvalue weighted by atomic mass is 16.5. The van der Waals surface area contributed by atoms with Gasteiger partial charge in [0.25, 0.3) is 5.56 Å². The molecule has 0 aliphatic carbocycles. The first-order valence-corrected chi connectivity index (χ1v) is 6.21. The van der Waals surface area contributed by atoms with Gasteiger partial charge in [-0.2, -0.15) is 0 Å². The molecule has 0 atom stereocenters. The molecule has 1 N–H and O–H groups in total. The molecule has 0 saturated heterocycles. The number of hydrogen-bond acceptors (Lipinski definition) is 4. The average molecular weight is 270 g/mol. The number of rotatable bonds is 3. The van der Waals surface area contributed by atoms with Gasteiger partial charge in [-0.05, 0) is 25.1 Å². The number of nitrogens with zero attached hydrogens (tertiary/aromatic N) is 3. The van der Waals surface area contributed by atoms with Crippen molar-refractivity contribution in [2.75, 3.05) is 7.11 Å². The van der Waals surface area contributed by atoms with Crippen molar-refractivity contribution in [3.63, 3.8) is 0 Å². The lowest BCUT2D eigenvalue weighted by Crippen LogP contribution is -2.21. The molecule has 3 rings (SSSR count). The maximum absolute atomic E-state index is 12.4. The second kappa shape index (κ2) is 4.80. The van der Waals surface area contributed by atoms with Crippen molar-refractivity contribution < 1.29 is 4.74 Å².